The number of aliphatic hydroxyl groups is 1. The molecule has 0 aromatic heterocycles. The number of benzene rings is 2. The van der Waals surface area contributed by atoms with Crippen LogP contribution < -0.4 is 10.6 Å². The van der Waals surface area contributed by atoms with Gasteiger partial charge in [-0.1, -0.05) is 78.9 Å². The number of rotatable bonds is 4. The number of halogens is 1. The number of hydrogen-bond donors (Lipinski definition) is 1. The monoisotopic (exact) mass is 420 g/mol. The summed E-state index contributed by atoms with van der Waals surface area (Å²) in [5.74, 6) is 0.0552. The van der Waals surface area contributed by atoms with Crippen LogP contribution in [-0.4, -0.2) is 8.71 Å². The first kappa shape index (κ1) is 15.9. The fraction of sp³-hybridized carbons (Fsp3) is 0.158. The predicted octanol–water partition coefficient (Wildman–Crippen LogP) is 4.33. The van der Waals surface area contributed by atoms with Crippen molar-refractivity contribution in [3.8, 4) is 0 Å². The summed E-state index contributed by atoms with van der Waals surface area (Å²) in [6, 6.07) is 21.2. The van der Waals surface area contributed by atoms with Gasteiger partial charge < -0.3 is 5.11 Å². The molecule has 22 heavy (non-hydrogen) atoms. The summed E-state index contributed by atoms with van der Waals surface area (Å²) in [6.07, 6.45) is 6.38. The topological polar surface area (TPSA) is 20.2 Å². The normalized spacial score (nSPS) is 20.0. The SMILES string of the molecule is C[C@](O)(I)C1C=CC=C1P(c1ccccc1)c1ccccc1. The van der Waals surface area contributed by atoms with Crippen LogP contribution in [0.5, 0.6) is 0 Å². The average molecular weight is 420 g/mol. The lowest BCUT2D eigenvalue weighted by Gasteiger charge is -2.31. The Hall–Kier alpha value is -0.960. The van der Waals surface area contributed by atoms with Gasteiger partial charge in [0.15, 0.2) is 0 Å². The quantitative estimate of drug-likeness (QED) is 0.444. The first-order valence-electron chi connectivity index (χ1n) is 7.27. The average Bonchev–Trinajstić information content (AvgIpc) is 2.99. The van der Waals surface area contributed by atoms with E-state index in [-0.39, 0.29) is 5.92 Å². The lowest BCUT2D eigenvalue weighted by atomic mass is 10.1. The van der Waals surface area contributed by atoms with E-state index >= 15 is 0 Å². The van der Waals surface area contributed by atoms with Gasteiger partial charge in [0.25, 0.3) is 0 Å². The van der Waals surface area contributed by atoms with Gasteiger partial charge >= 0.3 is 0 Å². The Morgan fingerprint density at radius 1 is 0.955 bits per heavy atom. The molecule has 0 aliphatic heterocycles. The predicted molar refractivity (Wildman–Crippen MR) is 104 cm³/mol. The summed E-state index contributed by atoms with van der Waals surface area (Å²) >= 11 is 2.14. The minimum absolute atomic E-state index is 0.0552. The molecule has 0 spiro atoms. The Balaban J connectivity index is 2.08. The Kier molecular flexibility index (Phi) is 4.82. The van der Waals surface area contributed by atoms with Gasteiger partial charge in [0, 0.05) is 5.92 Å². The van der Waals surface area contributed by atoms with Gasteiger partial charge in [0.2, 0.25) is 0 Å². The van der Waals surface area contributed by atoms with Crippen LogP contribution in [0, 0.1) is 5.92 Å². The second-order valence-corrected chi connectivity index (χ2v) is 9.89. The Bertz CT molecular complexity index is 647. The fourth-order valence-corrected chi connectivity index (χ4v) is 6.20. The van der Waals surface area contributed by atoms with E-state index in [1.165, 1.54) is 15.9 Å². The van der Waals surface area contributed by atoms with Gasteiger partial charge in [-0.2, -0.15) is 0 Å². The van der Waals surface area contributed by atoms with E-state index < -0.39 is 11.5 Å². The summed E-state index contributed by atoms with van der Waals surface area (Å²) in [7, 11) is -0.622. The Morgan fingerprint density at radius 2 is 1.45 bits per heavy atom. The molecule has 1 aliphatic carbocycles. The summed E-state index contributed by atoms with van der Waals surface area (Å²) in [6.45, 7) is 1.88. The highest BCUT2D eigenvalue weighted by atomic mass is 127. The fourth-order valence-electron chi connectivity index (χ4n) is 2.73. The minimum Gasteiger partial charge on any atom is -0.379 e. The van der Waals surface area contributed by atoms with Crippen LogP contribution in [0.1, 0.15) is 6.92 Å². The van der Waals surface area contributed by atoms with Crippen LogP contribution in [0.2, 0.25) is 0 Å². The van der Waals surface area contributed by atoms with Crippen molar-refractivity contribution in [1.82, 2.24) is 0 Å². The molecule has 1 aliphatic rings. The van der Waals surface area contributed by atoms with E-state index in [0.29, 0.717) is 0 Å². The lowest BCUT2D eigenvalue weighted by Crippen LogP contribution is -2.28. The molecule has 2 atom stereocenters. The van der Waals surface area contributed by atoms with Gasteiger partial charge in [-0.3, -0.25) is 0 Å². The summed E-state index contributed by atoms with van der Waals surface area (Å²) in [4.78, 5) is 0. The molecule has 1 nitrogen and oxygen atoms in total. The largest absolute Gasteiger partial charge is 0.379 e. The summed E-state index contributed by atoms with van der Waals surface area (Å²) in [5.41, 5.74) is 0. The van der Waals surface area contributed by atoms with Gasteiger partial charge in [0.05, 0.1) is 0 Å². The molecule has 3 rings (SSSR count). The van der Waals surface area contributed by atoms with Crippen molar-refractivity contribution in [3.05, 3.63) is 84.2 Å². The summed E-state index contributed by atoms with van der Waals surface area (Å²) < 4.78 is -0.777. The molecule has 0 fully saturated rings. The maximum absolute atomic E-state index is 10.5. The Labute approximate surface area is 146 Å². The van der Waals surface area contributed by atoms with Gasteiger partial charge in [0.1, 0.15) is 3.61 Å². The van der Waals surface area contributed by atoms with Crippen molar-refractivity contribution in [3.63, 3.8) is 0 Å². The second kappa shape index (κ2) is 6.66. The Morgan fingerprint density at radius 3 is 1.91 bits per heavy atom. The van der Waals surface area contributed by atoms with Crippen molar-refractivity contribution in [1.29, 1.82) is 0 Å². The van der Waals surface area contributed by atoms with E-state index in [4.69, 9.17) is 0 Å². The third kappa shape index (κ3) is 3.34. The molecule has 112 valence electrons. The van der Waals surface area contributed by atoms with Crippen molar-refractivity contribution in [2.45, 2.75) is 10.5 Å². The third-order valence-corrected chi connectivity index (χ3v) is 6.99. The van der Waals surface area contributed by atoms with Crippen LogP contribution in [0.3, 0.4) is 0 Å². The zero-order chi connectivity index (χ0) is 15.6. The molecule has 0 bridgehead atoms. The zero-order valence-electron chi connectivity index (χ0n) is 12.4. The molecule has 0 saturated heterocycles. The molecule has 0 saturated carbocycles. The smallest absolute Gasteiger partial charge is 0.123 e. The number of alkyl halides is 1. The second-order valence-electron chi connectivity index (χ2n) is 5.48. The molecule has 2 aromatic carbocycles. The van der Waals surface area contributed by atoms with Gasteiger partial charge in [-0.15, -0.1) is 0 Å². The van der Waals surface area contributed by atoms with E-state index in [9.17, 15) is 5.11 Å². The van der Waals surface area contributed by atoms with E-state index in [1.807, 2.05) is 6.92 Å². The maximum Gasteiger partial charge on any atom is 0.123 e. The van der Waals surface area contributed by atoms with Crippen LogP contribution in [0.15, 0.2) is 84.2 Å². The number of hydrogen-bond acceptors (Lipinski definition) is 1. The highest BCUT2D eigenvalue weighted by Crippen LogP contribution is 2.52. The minimum atomic E-state index is -0.777. The van der Waals surface area contributed by atoms with Crippen molar-refractivity contribution in [2.75, 3.05) is 0 Å². The van der Waals surface area contributed by atoms with Crippen LogP contribution in [-0.2, 0) is 0 Å². The molecule has 0 amide bonds. The van der Waals surface area contributed by atoms with E-state index in [0.717, 1.165) is 0 Å². The zero-order valence-corrected chi connectivity index (χ0v) is 15.4. The first-order valence-corrected chi connectivity index (χ1v) is 9.69. The summed E-state index contributed by atoms with van der Waals surface area (Å²) in [5, 5.41) is 14.5. The van der Waals surface area contributed by atoms with Crippen LogP contribution >= 0.6 is 30.5 Å². The molecule has 3 heteroatoms. The molecule has 0 heterocycles. The van der Waals surface area contributed by atoms with Gasteiger partial charge in [-0.25, -0.2) is 0 Å². The molecule has 1 N–H and O–H groups in total. The maximum atomic E-state index is 10.5. The molecule has 2 aromatic rings. The van der Waals surface area contributed by atoms with Crippen molar-refractivity contribution >= 4 is 41.1 Å². The van der Waals surface area contributed by atoms with E-state index in [1.54, 1.807) is 0 Å². The van der Waals surface area contributed by atoms with Crippen LogP contribution in [0.25, 0.3) is 0 Å². The molecular weight excluding hydrogens is 402 g/mol. The lowest BCUT2D eigenvalue weighted by molar-refractivity contribution is 0.149. The van der Waals surface area contributed by atoms with Gasteiger partial charge in [-0.05, 0) is 53.4 Å². The highest BCUT2D eigenvalue weighted by molar-refractivity contribution is 14.1. The molecular formula is C19H18IOP. The van der Waals surface area contributed by atoms with E-state index in [2.05, 4.69) is 101 Å². The highest BCUT2D eigenvalue weighted by Gasteiger charge is 2.36. The standard InChI is InChI=1S/C19H18IOP/c1-19(20,21)17-13-8-14-18(17)22(15-9-4-2-5-10-15)16-11-6-3-7-12-16/h2-14,17,21H,1H3/t17?,19-/m1/s1. The van der Waals surface area contributed by atoms with Crippen molar-refractivity contribution in [2.24, 2.45) is 5.92 Å². The van der Waals surface area contributed by atoms with Crippen LogP contribution in [0.4, 0.5) is 0 Å². The number of allylic oxidation sites excluding steroid dienone is 2. The van der Waals surface area contributed by atoms with Crippen molar-refractivity contribution < 1.29 is 5.11 Å². The molecule has 1 unspecified atom stereocenters. The molecule has 0 radical (unpaired) electrons. The third-order valence-electron chi connectivity index (χ3n) is 3.74. The first-order chi connectivity index (χ1) is 10.6.